The van der Waals surface area contributed by atoms with Gasteiger partial charge in [-0.25, -0.2) is 0 Å². The van der Waals surface area contributed by atoms with E-state index in [1.165, 1.54) is 14.2 Å². The van der Waals surface area contributed by atoms with Gasteiger partial charge in [0.15, 0.2) is 0 Å². The van der Waals surface area contributed by atoms with Gasteiger partial charge in [0, 0.05) is 23.9 Å². The molecule has 2 aromatic rings. The summed E-state index contributed by atoms with van der Waals surface area (Å²) in [6, 6.07) is 11.8. The van der Waals surface area contributed by atoms with E-state index in [2.05, 4.69) is 10.6 Å². The van der Waals surface area contributed by atoms with Crippen LogP contribution in [0.5, 0.6) is 11.5 Å². The number of methoxy groups -OCH3 is 2. The van der Waals surface area contributed by atoms with Crippen molar-refractivity contribution in [1.82, 2.24) is 10.6 Å². The fourth-order valence-corrected chi connectivity index (χ4v) is 2.82. The van der Waals surface area contributed by atoms with Crippen molar-refractivity contribution in [3.05, 3.63) is 53.6 Å². The Morgan fingerprint density at radius 1 is 1.00 bits per heavy atom. The predicted molar refractivity (Wildman–Crippen MR) is 120 cm³/mol. The molecule has 30 heavy (non-hydrogen) atoms. The zero-order valence-electron chi connectivity index (χ0n) is 17.7. The highest BCUT2D eigenvalue weighted by Crippen LogP contribution is 2.22. The van der Waals surface area contributed by atoms with Crippen LogP contribution in [-0.2, 0) is 11.2 Å². The SMILES string of the molecule is COc1cc(OC)cc(C(=O)NC(C(=O)NCCc2ccc(N)cc2)C(C)C)c1.Cl. The Kier molecular flexibility index (Phi) is 9.98. The molecule has 7 nitrogen and oxygen atoms in total. The number of nitrogens with two attached hydrogens (primary N) is 1. The molecule has 0 radical (unpaired) electrons. The summed E-state index contributed by atoms with van der Waals surface area (Å²) >= 11 is 0. The molecule has 1 atom stereocenters. The summed E-state index contributed by atoms with van der Waals surface area (Å²) in [5.41, 5.74) is 7.82. The molecule has 0 spiro atoms. The fourth-order valence-electron chi connectivity index (χ4n) is 2.82. The number of amides is 2. The van der Waals surface area contributed by atoms with Crippen LogP contribution < -0.4 is 25.8 Å². The molecule has 0 aliphatic carbocycles. The number of hydrogen-bond acceptors (Lipinski definition) is 5. The first-order chi connectivity index (χ1) is 13.8. The monoisotopic (exact) mass is 435 g/mol. The highest BCUT2D eigenvalue weighted by molar-refractivity contribution is 5.98. The van der Waals surface area contributed by atoms with E-state index in [0.29, 0.717) is 35.7 Å². The molecule has 2 aromatic carbocycles. The number of halogens is 1. The molecule has 164 valence electrons. The number of carbonyl (C=O) groups is 2. The third kappa shape index (κ3) is 7.15. The zero-order valence-corrected chi connectivity index (χ0v) is 18.5. The Balaban J connectivity index is 0.00000450. The quantitative estimate of drug-likeness (QED) is 0.525. The highest BCUT2D eigenvalue weighted by atomic mass is 35.5. The van der Waals surface area contributed by atoms with Gasteiger partial charge in [0.2, 0.25) is 5.91 Å². The standard InChI is InChI=1S/C22H29N3O4.ClH/c1-14(2)20(22(27)24-10-9-15-5-7-17(23)8-6-15)25-21(26)16-11-18(28-3)13-19(12-16)29-4;/h5-8,11-14,20H,9-10,23H2,1-4H3,(H,24,27)(H,25,26);1H. The molecule has 0 bridgehead atoms. The van der Waals surface area contributed by atoms with E-state index in [9.17, 15) is 9.59 Å². The second-order valence-electron chi connectivity index (χ2n) is 7.08. The number of anilines is 1. The Morgan fingerprint density at radius 3 is 2.07 bits per heavy atom. The van der Waals surface area contributed by atoms with Gasteiger partial charge in [-0.05, 0) is 42.2 Å². The molecule has 0 saturated heterocycles. The lowest BCUT2D eigenvalue weighted by Crippen LogP contribution is -2.50. The van der Waals surface area contributed by atoms with Crippen LogP contribution in [0.4, 0.5) is 5.69 Å². The second-order valence-corrected chi connectivity index (χ2v) is 7.08. The molecular weight excluding hydrogens is 406 g/mol. The topological polar surface area (TPSA) is 103 Å². The van der Waals surface area contributed by atoms with Crippen LogP contribution in [-0.4, -0.2) is 38.6 Å². The first-order valence-corrected chi connectivity index (χ1v) is 9.50. The van der Waals surface area contributed by atoms with Gasteiger partial charge >= 0.3 is 0 Å². The molecule has 8 heteroatoms. The van der Waals surface area contributed by atoms with Gasteiger partial charge in [0.05, 0.1) is 14.2 Å². The van der Waals surface area contributed by atoms with Crippen molar-refractivity contribution in [1.29, 1.82) is 0 Å². The predicted octanol–water partition coefficient (Wildman–Crippen LogP) is 2.82. The van der Waals surface area contributed by atoms with E-state index in [4.69, 9.17) is 15.2 Å². The maximum absolute atomic E-state index is 12.7. The first-order valence-electron chi connectivity index (χ1n) is 9.50. The highest BCUT2D eigenvalue weighted by Gasteiger charge is 2.25. The normalized spacial score (nSPS) is 11.2. The number of hydrogen-bond donors (Lipinski definition) is 3. The van der Waals surface area contributed by atoms with E-state index in [1.807, 2.05) is 38.1 Å². The lowest BCUT2D eigenvalue weighted by Gasteiger charge is -2.22. The van der Waals surface area contributed by atoms with Gasteiger partial charge in [-0.15, -0.1) is 12.4 Å². The molecular formula is C22H30ClN3O4. The van der Waals surface area contributed by atoms with Crippen LogP contribution in [0.3, 0.4) is 0 Å². The van der Waals surface area contributed by atoms with Gasteiger partial charge in [-0.3, -0.25) is 9.59 Å². The van der Waals surface area contributed by atoms with Gasteiger partial charge in [-0.2, -0.15) is 0 Å². The molecule has 0 saturated carbocycles. The summed E-state index contributed by atoms with van der Waals surface area (Å²) in [7, 11) is 3.03. The molecule has 0 aliphatic rings. The van der Waals surface area contributed by atoms with Crippen LogP contribution in [0, 0.1) is 5.92 Å². The maximum atomic E-state index is 12.7. The third-order valence-corrected chi connectivity index (χ3v) is 4.54. The minimum absolute atomic E-state index is 0. The van der Waals surface area contributed by atoms with E-state index < -0.39 is 6.04 Å². The smallest absolute Gasteiger partial charge is 0.252 e. The van der Waals surface area contributed by atoms with Crippen LogP contribution >= 0.6 is 12.4 Å². The zero-order chi connectivity index (χ0) is 21.4. The van der Waals surface area contributed by atoms with Crippen molar-refractivity contribution in [2.24, 2.45) is 5.92 Å². The molecule has 2 rings (SSSR count). The number of ether oxygens (including phenoxy) is 2. The van der Waals surface area contributed by atoms with Crippen LogP contribution in [0.25, 0.3) is 0 Å². The Hall–Kier alpha value is -2.93. The third-order valence-electron chi connectivity index (χ3n) is 4.54. The van der Waals surface area contributed by atoms with Gasteiger partial charge in [0.25, 0.3) is 5.91 Å². The molecule has 0 aromatic heterocycles. The second kappa shape index (κ2) is 11.9. The average molecular weight is 436 g/mol. The molecule has 2 amide bonds. The summed E-state index contributed by atoms with van der Waals surface area (Å²) in [6.07, 6.45) is 0.678. The van der Waals surface area contributed by atoms with E-state index in [-0.39, 0.29) is 30.1 Å². The summed E-state index contributed by atoms with van der Waals surface area (Å²) in [6.45, 7) is 4.24. The summed E-state index contributed by atoms with van der Waals surface area (Å²) in [5.74, 6) is 0.336. The number of benzene rings is 2. The van der Waals surface area contributed by atoms with Crippen molar-refractivity contribution in [2.75, 3.05) is 26.5 Å². The Morgan fingerprint density at radius 2 is 1.57 bits per heavy atom. The van der Waals surface area contributed by atoms with Crippen LogP contribution in [0.2, 0.25) is 0 Å². The summed E-state index contributed by atoms with van der Waals surface area (Å²) < 4.78 is 10.4. The minimum Gasteiger partial charge on any atom is -0.497 e. The largest absolute Gasteiger partial charge is 0.497 e. The first kappa shape index (κ1) is 25.1. The van der Waals surface area contributed by atoms with Crippen molar-refractivity contribution in [3.63, 3.8) is 0 Å². The van der Waals surface area contributed by atoms with E-state index >= 15 is 0 Å². The van der Waals surface area contributed by atoms with Crippen molar-refractivity contribution in [3.8, 4) is 11.5 Å². The van der Waals surface area contributed by atoms with Crippen molar-refractivity contribution < 1.29 is 19.1 Å². The van der Waals surface area contributed by atoms with Gasteiger partial charge in [0.1, 0.15) is 17.5 Å². The summed E-state index contributed by atoms with van der Waals surface area (Å²) in [5, 5.41) is 5.71. The van der Waals surface area contributed by atoms with Gasteiger partial charge < -0.3 is 25.8 Å². The van der Waals surface area contributed by atoms with Crippen LogP contribution in [0.15, 0.2) is 42.5 Å². The van der Waals surface area contributed by atoms with E-state index in [0.717, 1.165) is 5.56 Å². The lowest BCUT2D eigenvalue weighted by molar-refractivity contribution is -0.123. The molecule has 0 fully saturated rings. The van der Waals surface area contributed by atoms with Gasteiger partial charge in [-0.1, -0.05) is 26.0 Å². The number of carbonyl (C=O) groups excluding carboxylic acids is 2. The van der Waals surface area contributed by atoms with E-state index in [1.54, 1.807) is 18.2 Å². The fraction of sp³-hybridized carbons (Fsp3) is 0.364. The summed E-state index contributed by atoms with van der Waals surface area (Å²) in [4.78, 5) is 25.4. The number of nitrogen functional groups attached to an aromatic ring is 1. The molecule has 0 heterocycles. The lowest BCUT2D eigenvalue weighted by atomic mass is 10.0. The average Bonchev–Trinajstić information content (AvgIpc) is 2.72. The minimum atomic E-state index is -0.661. The van der Waals surface area contributed by atoms with Crippen molar-refractivity contribution in [2.45, 2.75) is 26.3 Å². The molecule has 1 unspecified atom stereocenters. The van der Waals surface area contributed by atoms with Crippen molar-refractivity contribution >= 4 is 29.9 Å². The Bertz CT molecular complexity index is 819. The molecule has 4 N–H and O–H groups in total. The maximum Gasteiger partial charge on any atom is 0.252 e. The number of rotatable bonds is 9. The molecule has 0 aliphatic heterocycles. The number of nitrogens with one attached hydrogen (secondary N) is 2. The Labute approximate surface area is 183 Å². The van der Waals surface area contributed by atoms with Crippen LogP contribution in [0.1, 0.15) is 29.8 Å².